The highest BCUT2D eigenvalue weighted by Gasteiger charge is 2.21. The number of nitrogens with zero attached hydrogens (tertiary/aromatic N) is 2. The lowest BCUT2D eigenvalue weighted by molar-refractivity contribution is -0.122. The van der Waals surface area contributed by atoms with Crippen LogP contribution in [0.5, 0.6) is 17.2 Å². The summed E-state index contributed by atoms with van der Waals surface area (Å²) in [6, 6.07) is 13.2. The molecule has 1 heterocycles. The van der Waals surface area contributed by atoms with Crippen molar-refractivity contribution in [3.8, 4) is 28.5 Å². The molecule has 0 spiro atoms. The molecule has 3 aromatic rings. The van der Waals surface area contributed by atoms with E-state index in [1.807, 2.05) is 56.3 Å². The molecule has 1 aromatic heterocycles. The maximum absolute atomic E-state index is 12.8. The minimum Gasteiger partial charge on any atom is -0.490 e. The normalized spacial score (nSPS) is 11.8. The van der Waals surface area contributed by atoms with E-state index in [0.717, 1.165) is 12.8 Å². The second-order valence-corrected chi connectivity index (χ2v) is 8.29. The molecule has 182 valence electrons. The Hall–Kier alpha value is -3.55. The fourth-order valence-electron chi connectivity index (χ4n) is 3.18. The molecule has 0 aliphatic carbocycles. The Morgan fingerprint density at radius 1 is 0.941 bits per heavy atom. The van der Waals surface area contributed by atoms with Gasteiger partial charge in [-0.1, -0.05) is 39.8 Å². The van der Waals surface area contributed by atoms with Crippen molar-refractivity contribution in [1.82, 2.24) is 10.3 Å². The first-order valence-corrected chi connectivity index (χ1v) is 11.7. The second kappa shape index (κ2) is 12.1. The first kappa shape index (κ1) is 25.1. The minimum atomic E-state index is -0.747. The van der Waals surface area contributed by atoms with Crippen molar-refractivity contribution < 1.29 is 23.6 Å². The van der Waals surface area contributed by atoms with Gasteiger partial charge in [-0.2, -0.15) is 0 Å². The molecule has 1 atom stereocenters. The van der Waals surface area contributed by atoms with E-state index in [0.29, 0.717) is 47.6 Å². The molecular weight excluding hydrogens is 434 g/mol. The number of amides is 1. The van der Waals surface area contributed by atoms with E-state index in [1.165, 1.54) is 5.56 Å². The van der Waals surface area contributed by atoms with E-state index < -0.39 is 6.10 Å². The Labute approximate surface area is 200 Å². The van der Waals surface area contributed by atoms with E-state index in [1.54, 1.807) is 6.92 Å². The van der Waals surface area contributed by atoms with Crippen molar-refractivity contribution in [2.24, 2.45) is 0 Å². The summed E-state index contributed by atoms with van der Waals surface area (Å²) in [7, 11) is 0. The average molecular weight is 468 g/mol. The van der Waals surface area contributed by atoms with Crippen molar-refractivity contribution in [3.63, 3.8) is 0 Å². The largest absolute Gasteiger partial charge is 0.490 e. The molecule has 0 unspecified atom stereocenters. The molecule has 0 bridgehead atoms. The van der Waals surface area contributed by atoms with Gasteiger partial charge in [0.15, 0.2) is 23.3 Å². The number of rotatable bonds is 12. The summed E-state index contributed by atoms with van der Waals surface area (Å²) in [5.41, 5.74) is 2.28. The van der Waals surface area contributed by atoms with Gasteiger partial charge in [0.2, 0.25) is 5.82 Å². The first-order valence-electron chi connectivity index (χ1n) is 11.7. The second-order valence-electron chi connectivity index (χ2n) is 8.29. The Morgan fingerprint density at radius 2 is 1.62 bits per heavy atom. The quantitative estimate of drug-likeness (QED) is 0.357. The molecule has 0 radical (unpaired) electrons. The van der Waals surface area contributed by atoms with Crippen LogP contribution in [0.25, 0.3) is 11.3 Å². The third-order valence-corrected chi connectivity index (χ3v) is 5.10. The fraction of sp³-hybridized carbons (Fsp3) is 0.423. The van der Waals surface area contributed by atoms with Crippen LogP contribution in [0.3, 0.4) is 0 Å². The van der Waals surface area contributed by atoms with Crippen LogP contribution in [-0.4, -0.2) is 35.5 Å². The summed E-state index contributed by atoms with van der Waals surface area (Å²) in [6.07, 6.45) is 1.01. The van der Waals surface area contributed by atoms with Gasteiger partial charge in [-0.15, -0.1) is 0 Å². The highest BCUT2D eigenvalue weighted by atomic mass is 16.6. The molecule has 0 aliphatic rings. The molecule has 34 heavy (non-hydrogen) atoms. The molecular formula is C26H33N3O5. The van der Waals surface area contributed by atoms with Gasteiger partial charge >= 0.3 is 0 Å². The SMILES string of the molecule is CCCOc1ccc(-c2nonc2NC(=O)[C@H](C)Oc2ccc(C(C)C)cc2)cc1OCCC. The number of carbonyl (C=O) groups is 1. The molecule has 1 amide bonds. The molecule has 2 aromatic carbocycles. The molecule has 0 aliphatic heterocycles. The summed E-state index contributed by atoms with van der Waals surface area (Å²) in [4.78, 5) is 12.8. The summed E-state index contributed by atoms with van der Waals surface area (Å²) in [5, 5.41) is 10.6. The van der Waals surface area contributed by atoms with Gasteiger partial charge in [-0.05, 0) is 71.9 Å². The van der Waals surface area contributed by atoms with Crippen molar-refractivity contribution >= 4 is 11.7 Å². The number of anilines is 1. The predicted octanol–water partition coefficient (Wildman–Crippen LogP) is 5.84. The van der Waals surface area contributed by atoms with Crippen LogP contribution in [0.4, 0.5) is 5.82 Å². The van der Waals surface area contributed by atoms with E-state index in [-0.39, 0.29) is 11.7 Å². The van der Waals surface area contributed by atoms with Crippen LogP contribution < -0.4 is 19.5 Å². The number of hydrogen-bond acceptors (Lipinski definition) is 7. The predicted molar refractivity (Wildman–Crippen MR) is 131 cm³/mol. The molecule has 1 N–H and O–H groups in total. The summed E-state index contributed by atoms with van der Waals surface area (Å²) >= 11 is 0. The Bertz CT molecular complexity index is 1060. The van der Waals surface area contributed by atoms with Crippen LogP contribution in [-0.2, 0) is 4.79 Å². The van der Waals surface area contributed by atoms with E-state index >= 15 is 0 Å². The standard InChI is InChI=1S/C26H33N3O5/c1-6-14-31-22-13-10-20(16-23(22)32-15-7-2)24-25(29-34-28-24)27-26(30)18(5)33-21-11-8-19(9-12-21)17(3)4/h8-13,16-18H,6-7,14-15H2,1-5H3,(H,27,29,30)/t18-/m0/s1. The molecule has 0 saturated heterocycles. The number of nitrogens with one attached hydrogen (secondary N) is 1. The van der Waals surface area contributed by atoms with Crippen LogP contribution in [0.2, 0.25) is 0 Å². The Morgan fingerprint density at radius 3 is 2.26 bits per heavy atom. The monoisotopic (exact) mass is 467 g/mol. The topological polar surface area (TPSA) is 95.7 Å². The number of carbonyl (C=O) groups excluding carboxylic acids is 1. The van der Waals surface area contributed by atoms with Crippen LogP contribution in [0.1, 0.15) is 58.9 Å². The van der Waals surface area contributed by atoms with E-state index in [2.05, 4.69) is 29.5 Å². The third kappa shape index (κ3) is 6.50. The van der Waals surface area contributed by atoms with Crippen molar-refractivity contribution in [2.75, 3.05) is 18.5 Å². The average Bonchev–Trinajstić information content (AvgIpc) is 3.30. The Kier molecular flexibility index (Phi) is 8.90. The van der Waals surface area contributed by atoms with E-state index in [9.17, 15) is 4.79 Å². The summed E-state index contributed by atoms with van der Waals surface area (Å²) in [5.74, 6) is 2.15. The zero-order chi connectivity index (χ0) is 24.5. The fourth-order valence-corrected chi connectivity index (χ4v) is 3.18. The first-order chi connectivity index (χ1) is 16.4. The third-order valence-electron chi connectivity index (χ3n) is 5.10. The van der Waals surface area contributed by atoms with Gasteiger partial charge < -0.3 is 19.5 Å². The number of benzene rings is 2. The lowest BCUT2D eigenvalue weighted by Gasteiger charge is -2.15. The zero-order valence-corrected chi connectivity index (χ0v) is 20.5. The van der Waals surface area contributed by atoms with Crippen LogP contribution in [0.15, 0.2) is 47.1 Å². The van der Waals surface area contributed by atoms with Gasteiger partial charge in [0.05, 0.1) is 13.2 Å². The molecule has 0 fully saturated rings. The number of hydrogen-bond donors (Lipinski definition) is 1. The number of aromatic nitrogens is 2. The van der Waals surface area contributed by atoms with Gasteiger partial charge in [0.25, 0.3) is 5.91 Å². The van der Waals surface area contributed by atoms with Crippen molar-refractivity contribution in [1.29, 1.82) is 0 Å². The zero-order valence-electron chi connectivity index (χ0n) is 20.5. The molecule has 8 nitrogen and oxygen atoms in total. The molecule has 0 saturated carbocycles. The van der Waals surface area contributed by atoms with Gasteiger partial charge in [-0.25, -0.2) is 4.63 Å². The van der Waals surface area contributed by atoms with E-state index in [4.69, 9.17) is 18.8 Å². The maximum Gasteiger partial charge on any atom is 0.266 e. The van der Waals surface area contributed by atoms with Gasteiger partial charge in [0.1, 0.15) is 5.75 Å². The summed E-state index contributed by atoms with van der Waals surface area (Å²) < 4.78 is 22.4. The Balaban J connectivity index is 1.72. The van der Waals surface area contributed by atoms with Crippen LogP contribution in [0, 0.1) is 0 Å². The molecule has 3 rings (SSSR count). The highest BCUT2D eigenvalue weighted by Crippen LogP contribution is 2.34. The lowest BCUT2D eigenvalue weighted by Crippen LogP contribution is -2.30. The van der Waals surface area contributed by atoms with Crippen molar-refractivity contribution in [2.45, 2.75) is 59.5 Å². The smallest absolute Gasteiger partial charge is 0.266 e. The summed E-state index contributed by atoms with van der Waals surface area (Å²) in [6.45, 7) is 11.2. The highest BCUT2D eigenvalue weighted by molar-refractivity contribution is 5.96. The lowest BCUT2D eigenvalue weighted by atomic mass is 10.0. The van der Waals surface area contributed by atoms with Crippen molar-refractivity contribution in [3.05, 3.63) is 48.0 Å². The maximum atomic E-state index is 12.8. The molecule has 8 heteroatoms. The van der Waals surface area contributed by atoms with Crippen LogP contribution >= 0.6 is 0 Å². The minimum absolute atomic E-state index is 0.208. The number of ether oxygens (including phenoxy) is 3. The van der Waals surface area contributed by atoms with Gasteiger partial charge in [0, 0.05) is 5.56 Å². The van der Waals surface area contributed by atoms with Gasteiger partial charge in [-0.3, -0.25) is 4.79 Å².